The average molecular weight is 242 g/mol. The highest BCUT2D eigenvalue weighted by atomic mass is 16.5. The van der Waals surface area contributed by atoms with E-state index in [0.29, 0.717) is 12.0 Å². The number of methoxy groups -OCH3 is 1. The Balaban J connectivity index is 2.62. The Morgan fingerprint density at radius 1 is 1.47 bits per heavy atom. The van der Waals surface area contributed by atoms with Crippen molar-refractivity contribution >= 4 is 5.97 Å². The molecule has 2 unspecified atom stereocenters. The van der Waals surface area contributed by atoms with E-state index in [4.69, 9.17) is 10.5 Å². The summed E-state index contributed by atoms with van der Waals surface area (Å²) >= 11 is 0. The number of esters is 1. The van der Waals surface area contributed by atoms with Gasteiger partial charge >= 0.3 is 5.97 Å². The number of likely N-dealkylation sites (tertiary alicyclic amines) is 1. The topological polar surface area (TPSA) is 55.6 Å². The van der Waals surface area contributed by atoms with Crippen LogP contribution in [0.3, 0.4) is 0 Å². The van der Waals surface area contributed by atoms with E-state index >= 15 is 0 Å². The van der Waals surface area contributed by atoms with Gasteiger partial charge in [-0.2, -0.15) is 0 Å². The van der Waals surface area contributed by atoms with Gasteiger partial charge in [0.2, 0.25) is 0 Å². The zero-order valence-corrected chi connectivity index (χ0v) is 11.5. The van der Waals surface area contributed by atoms with E-state index in [0.717, 1.165) is 19.6 Å². The molecule has 17 heavy (non-hydrogen) atoms. The molecule has 1 fully saturated rings. The molecule has 0 spiro atoms. The summed E-state index contributed by atoms with van der Waals surface area (Å²) in [4.78, 5) is 14.1. The molecule has 0 aliphatic carbocycles. The minimum atomic E-state index is -0.445. The van der Waals surface area contributed by atoms with Crippen molar-refractivity contribution < 1.29 is 9.53 Å². The highest BCUT2D eigenvalue weighted by Gasteiger charge is 2.34. The molecule has 1 rings (SSSR count). The van der Waals surface area contributed by atoms with Crippen molar-refractivity contribution in [2.24, 2.45) is 17.1 Å². The molecule has 0 radical (unpaired) electrons. The fourth-order valence-corrected chi connectivity index (χ4v) is 2.52. The number of piperidine rings is 1. The van der Waals surface area contributed by atoms with Crippen LogP contribution >= 0.6 is 0 Å². The number of nitrogens with two attached hydrogens (primary N) is 1. The van der Waals surface area contributed by atoms with Crippen LogP contribution in [0.2, 0.25) is 0 Å². The highest BCUT2D eigenvalue weighted by molar-refractivity contribution is 5.76. The first-order valence-corrected chi connectivity index (χ1v) is 6.43. The normalized spacial score (nSPS) is 26.9. The van der Waals surface area contributed by atoms with E-state index in [-0.39, 0.29) is 5.97 Å². The zero-order chi connectivity index (χ0) is 13.1. The second-order valence-corrected chi connectivity index (χ2v) is 5.83. The quantitative estimate of drug-likeness (QED) is 0.754. The Morgan fingerprint density at radius 2 is 2.12 bits per heavy atom. The van der Waals surface area contributed by atoms with Gasteiger partial charge in [0.25, 0.3) is 0 Å². The predicted molar refractivity (Wildman–Crippen MR) is 68.6 cm³/mol. The largest absolute Gasteiger partial charge is 0.469 e. The van der Waals surface area contributed by atoms with Gasteiger partial charge < -0.3 is 10.5 Å². The van der Waals surface area contributed by atoms with Crippen LogP contribution in [-0.4, -0.2) is 43.7 Å². The van der Waals surface area contributed by atoms with Gasteiger partial charge in [0.15, 0.2) is 0 Å². The molecule has 1 saturated heterocycles. The Labute approximate surface area is 104 Å². The van der Waals surface area contributed by atoms with Gasteiger partial charge in [0.1, 0.15) is 0 Å². The second-order valence-electron chi connectivity index (χ2n) is 5.83. The SMILES string of the molecule is COC(=O)C(C)(C)CN1CC(CN)CCC1C. The highest BCUT2D eigenvalue weighted by Crippen LogP contribution is 2.26. The standard InChI is InChI=1S/C13H26N2O2/c1-10-5-6-11(7-14)8-15(10)9-13(2,3)12(16)17-4/h10-11H,5-9,14H2,1-4H3. The molecule has 0 bridgehead atoms. The number of carbonyl (C=O) groups excluding carboxylic acids is 1. The maximum Gasteiger partial charge on any atom is 0.312 e. The van der Waals surface area contributed by atoms with E-state index < -0.39 is 5.41 Å². The number of ether oxygens (including phenoxy) is 1. The maximum absolute atomic E-state index is 11.7. The molecule has 0 amide bonds. The van der Waals surface area contributed by atoms with E-state index in [1.807, 2.05) is 13.8 Å². The average Bonchev–Trinajstić information content (AvgIpc) is 2.30. The summed E-state index contributed by atoms with van der Waals surface area (Å²) in [7, 11) is 1.45. The summed E-state index contributed by atoms with van der Waals surface area (Å²) in [5.41, 5.74) is 5.30. The van der Waals surface area contributed by atoms with Crippen LogP contribution in [0.25, 0.3) is 0 Å². The lowest BCUT2D eigenvalue weighted by Crippen LogP contribution is -2.49. The van der Waals surface area contributed by atoms with Crippen molar-refractivity contribution in [2.75, 3.05) is 26.7 Å². The summed E-state index contributed by atoms with van der Waals surface area (Å²) in [6.07, 6.45) is 2.37. The Morgan fingerprint density at radius 3 is 2.65 bits per heavy atom. The van der Waals surface area contributed by atoms with Crippen molar-refractivity contribution in [1.29, 1.82) is 0 Å². The molecule has 0 aromatic rings. The number of hydrogen-bond acceptors (Lipinski definition) is 4. The first-order valence-electron chi connectivity index (χ1n) is 6.43. The lowest BCUT2D eigenvalue weighted by atomic mass is 9.88. The molecule has 4 heteroatoms. The van der Waals surface area contributed by atoms with Crippen LogP contribution < -0.4 is 5.73 Å². The van der Waals surface area contributed by atoms with Gasteiger partial charge in [0, 0.05) is 19.1 Å². The van der Waals surface area contributed by atoms with Crippen molar-refractivity contribution in [2.45, 2.75) is 39.7 Å². The molecular weight excluding hydrogens is 216 g/mol. The minimum absolute atomic E-state index is 0.139. The molecule has 2 N–H and O–H groups in total. The number of carbonyl (C=O) groups is 1. The summed E-state index contributed by atoms with van der Waals surface area (Å²) in [6.45, 7) is 8.59. The zero-order valence-electron chi connectivity index (χ0n) is 11.5. The summed E-state index contributed by atoms with van der Waals surface area (Å²) in [6, 6.07) is 0.529. The molecule has 1 aliphatic rings. The van der Waals surface area contributed by atoms with E-state index in [1.54, 1.807) is 0 Å². The van der Waals surface area contributed by atoms with E-state index in [2.05, 4.69) is 11.8 Å². The smallest absolute Gasteiger partial charge is 0.312 e. The van der Waals surface area contributed by atoms with E-state index in [9.17, 15) is 4.79 Å². The van der Waals surface area contributed by atoms with Crippen LogP contribution in [0.15, 0.2) is 0 Å². The number of rotatable bonds is 4. The Kier molecular flexibility index (Phi) is 4.95. The van der Waals surface area contributed by atoms with E-state index in [1.165, 1.54) is 20.0 Å². The lowest BCUT2D eigenvalue weighted by molar-refractivity contribution is -0.152. The number of hydrogen-bond donors (Lipinski definition) is 1. The van der Waals surface area contributed by atoms with Crippen molar-refractivity contribution in [3.63, 3.8) is 0 Å². The summed E-state index contributed by atoms with van der Waals surface area (Å²) < 4.78 is 4.85. The first kappa shape index (κ1) is 14.5. The summed E-state index contributed by atoms with van der Waals surface area (Å²) in [5.74, 6) is 0.430. The predicted octanol–water partition coefficient (Wildman–Crippen LogP) is 1.24. The van der Waals surface area contributed by atoms with Crippen molar-refractivity contribution in [3.05, 3.63) is 0 Å². The third-order valence-corrected chi connectivity index (χ3v) is 3.78. The molecule has 4 nitrogen and oxygen atoms in total. The van der Waals surface area contributed by atoms with Gasteiger partial charge in [-0.1, -0.05) is 0 Å². The minimum Gasteiger partial charge on any atom is -0.469 e. The molecule has 100 valence electrons. The van der Waals surface area contributed by atoms with Gasteiger partial charge in [0.05, 0.1) is 12.5 Å². The Bertz CT molecular complexity index is 266. The third kappa shape index (κ3) is 3.68. The number of nitrogens with zero attached hydrogens (tertiary/aromatic N) is 1. The van der Waals surface area contributed by atoms with Gasteiger partial charge in [-0.25, -0.2) is 0 Å². The molecule has 0 saturated carbocycles. The lowest BCUT2D eigenvalue weighted by Gasteiger charge is -2.41. The molecule has 0 aromatic heterocycles. The summed E-state index contributed by atoms with van der Waals surface area (Å²) in [5, 5.41) is 0. The maximum atomic E-state index is 11.7. The van der Waals surface area contributed by atoms with Crippen molar-refractivity contribution in [1.82, 2.24) is 4.90 Å². The van der Waals surface area contributed by atoms with Crippen LogP contribution in [0.1, 0.15) is 33.6 Å². The van der Waals surface area contributed by atoms with Gasteiger partial charge in [-0.05, 0) is 46.1 Å². The molecule has 1 heterocycles. The third-order valence-electron chi connectivity index (χ3n) is 3.78. The van der Waals surface area contributed by atoms with Crippen LogP contribution in [-0.2, 0) is 9.53 Å². The molecular formula is C13H26N2O2. The van der Waals surface area contributed by atoms with Gasteiger partial charge in [-0.15, -0.1) is 0 Å². The Hall–Kier alpha value is -0.610. The molecule has 2 atom stereocenters. The molecule has 0 aromatic carbocycles. The molecule has 1 aliphatic heterocycles. The van der Waals surface area contributed by atoms with Crippen LogP contribution in [0, 0.1) is 11.3 Å². The van der Waals surface area contributed by atoms with Crippen molar-refractivity contribution in [3.8, 4) is 0 Å². The fraction of sp³-hybridized carbons (Fsp3) is 0.923. The van der Waals surface area contributed by atoms with Crippen LogP contribution in [0.5, 0.6) is 0 Å². The second kappa shape index (κ2) is 5.83. The fourth-order valence-electron chi connectivity index (χ4n) is 2.52. The monoisotopic (exact) mass is 242 g/mol. The van der Waals surface area contributed by atoms with Crippen LogP contribution in [0.4, 0.5) is 0 Å². The first-order chi connectivity index (χ1) is 7.90. The van der Waals surface area contributed by atoms with Gasteiger partial charge in [-0.3, -0.25) is 9.69 Å².